The molecule has 1 N–H and O–H groups in total. The van der Waals surface area contributed by atoms with Crippen LogP contribution in [-0.2, 0) is 19.4 Å². The summed E-state index contributed by atoms with van der Waals surface area (Å²) in [6.07, 6.45) is 0.990. The smallest absolute Gasteiger partial charge is 0.314 e. The Morgan fingerprint density at radius 3 is 2.60 bits per heavy atom. The number of rotatable bonds is 5. The zero-order valence-corrected chi connectivity index (χ0v) is 11.9. The van der Waals surface area contributed by atoms with Crippen LogP contribution in [0.15, 0.2) is 24.3 Å². The van der Waals surface area contributed by atoms with Crippen molar-refractivity contribution < 1.29 is 27.4 Å². The first kappa shape index (κ1) is 14.9. The van der Waals surface area contributed by atoms with Gasteiger partial charge >= 0.3 is 5.97 Å². The van der Waals surface area contributed by atoms with Gasteiger partial charge in [0.1, 0.15) is 11.2 Å². The number of halogens is 1. The molecule has 0 amide bonds. The van der Waals surface area contributed by atoms with Gasteiger partial charge < -0.3 is 9.84 Å². The van der Waals surface area contributed by atoms with E-state index < -0.39 is 38.2 Å². The number of benzene rings is 1. The van der Waals surface area contributed by atoms with Crippen molar-refractivity contribution in [2.24, 2.45) is 5.41 Å². The minimum absolute atomic E-state index is 0.235. The van der Waals surface area contributed by atoms with Crippen LogP contribution < -0.4 is 0 Å². The zero-order valence-electron chi connectivity index (χ0n) is 11.0. The molecule has 0 heterocycles. The summed E-state index contributed by atoms with van der Waals surface area (Å²) in [6.45, 7) is -0.235. The molecule has 3 atom stereocenters. The Hall–Kier alpha value is -1.47. The topological polar surface area (TPSA) is 80.7 Å². The molecule has 7 heteroatoms. The highest BCUT2D eigenvalue weighted by Gasteiger charge is 2.75. The molecule has 0 unspecified atom stereocenters. The number of ether oxygens (including phenoxy) is 1. The van der Waals surface area contributed by atoms with Gasteiger partial charge in [0, 0.05) is 19.3 Å². The van der Waals surface area contributed by atoms with E-state index in [9.17, 15) is 22.7 Å². The second-order valence-electron chi connectivity index (χ2n) is 5.06. The van der Waals surface area contributed by atoms with Crippen molar-refractivity contribution in [1.29, 1.82) is 0 Å². The molecular weight excluding hydrogens is 287 g/mol. The molecule has 1 aliphatic rings. The van der Waals surface area contributed by atoms with E-state index in [-0.39, 0.29) is 6.61 Å². The fourth-order valence-electron chi connectivity index (χ4n) is 2.93. The normalized spacial score (nSPS) is 29.1. The fourth-order valence-corrected chi connectivity index (χ4v) is 4.83. The van der Waals surface area contributed by atoms with Crippen LogP contribution in [0, 0.1) is 11.2 Å². The average molecular weight is 302 g/mol. The SMILES string of the molecule is COC[C@@]1(C(=O)O)[C@@H](c2cccc(F)c2)[C@@H]1S(C)(=O)=O. The molecular formula is C13H15FO5S. The molecule has 5 nitrogen and oxygen atoms in total. The first-order valence-corrected chi connectivity index (χ1v) is 7.87. The maximum atomic E-state index is 13.3. The third-order valence-corrected chi connectivity index (χ3v) is 5.32. The highest BCUT2D eigenvalue weighted by molar-refractivity contribution is 7.91. The lowest BCUT2D eigenvalue weighted by molar-refractivity contribution is -0.145. The number of carboxylic acids is 1. The molecule has 2 rings (SSSR count). The molecule has 0 radical (unpaired) electrons. The number of aliphatic carboxylic acids is 1. The van der Waals surface area contributed by atoms with Crippen molar-refractivity contribution >= 4 is 15.8 Å². The van der Waals surface area contributed by atoms with Crippen molar-refractivity contribution in [3.63, 3.8) is 0 Å². The van der Waals surface area contributed by atoms with E-state index in [0.29, 0.717) is 5.56 Å². The lowest BCUT2D eigenvalue weighted by Crippen LogP contribution is -2.28. The second kappa shape index (κ2) is 4.82. The van der Waals surface area contributed by atoms with E-state index in [1.165, 1.54) is 31.4 Å². The van der Waals surface area contributed by atoms with Gasteiger partial charge in [-0.3, -0.25) is 4.79 Å². The van der Waals surface area contributed by atoms with Gasteiger partial charge in [-0.05, 0) is 17.7 Å². The second-order valence-corrected chi connectivity index (χ2v) is 7.23. The number of sulfone groups is 1. The molecule has 0 aromatic heterocycles. The monoisotopic (exact) mass is 302 g/mol. The molecule has 1 aromatic rings. The van der Waals surface area contributed by atoms with Gasteiger partial charge in [-0.1, -0.05) is 12.1 Å². The van der Waals surface area contributed by atoms with Crippen molar-refractivity contribution in [3.05, 3.63) is 35.6 Å². The van der Waals surface area contributed by atoms with E-state index in [1.54, 1.807) is 0 Å². The molecule has 110 valence electrons. The van der Waals surface area contributed by atoms with Crippen LogP contribution in [0.5, 0.6) is 0 Å². The summed E-state index contributed by atoms with van der Waals surface area (Å²) in [5, 5.41) is 8.33. The van der Waals surface area contributed by atoms with Gasteiger partial charge in [-0.25, -0.2) is 12.8 Å². The van der Waals surface area contributed by atoms with Crippen molar-refractivity contribution in [2.75, 3.05) is 20.0 Å². The number of carbonyl (C=O) groups is 1. The Labute approximate surface area is 116 Å². The standard InChI is InChI=1S/C13H15FO5S/c1-19-7-13(12(15)16)10(11(13)20(2,17)18)8-4-3-5-9(14)6-8/h3-6,10-11H,7H2,1-2H3,(H,15,16)/t10-,11-,13+/m0/s1. The molecule has 1 aromatic carbocycles. The van der Waals surface area contributed by atoms with E-state index in [0.717, 1.165) is 6.26 Å². The van der Waals surface area contributed by atoms with Gasteiger partial charge in [-0.2, -0.15) is 0 Å². The number of hydrogen-bond acceptors (Lipinski definition) is 4. The summed E-state index contributed by atoms with van der Waals surface area (Å²) in [4.78, 5) is 11.6. The van der Waals surface area contributed by atoms with Crippen LogP contribution in [0.3, 0.4) is 0 Å². The Balaban J connectivity index is 2.53. The number of hydrogen-bond donors (Lipinski definition) is 1. The third-order valence-electron chi connectivity index (χ3n) is 3.71. The third kappa shape index (κ3) is 2.20. The predicted octanol–water partition coefficient (Wildman–Crippen LogP) is 1.05. The van der Waals surface area contributed by atoms with Gasteiger partial charge in [-0.15, -0.1) is 0 Å². The van der Waals surface area contributed by atoms with Gasteiger partial charge in [0.05, 0.1) is 11.9 Å². The molecule has 20 heavy (non-hydrogen) atoms. The Kier molecular flexibility index (Phi) is 3.60. The summed E-state index contributed by atoms with van der Waals surface area (Å²) < 4.78 is 41.9. The molecule has 1 aliphatic carbocycles. The highest BCUT2D eigenvalue weighted by atomic mass is 32.2. The average Bonchev–Trinajstić information content (AvgIpc) is 3.00. The summed E-state index contributed by atoms with van der Waals surface area (Å²) >= 11 is 0. The van der Waals surface area contributed by atoms with Crippen molar-refractivity contribution in [2.45, 2.75) is 11.2 Å². The molecule has 1 fully saturated rings. The van der Waals surface area contributed by atoms with Crippen LogP contribution in [0.4, 0.5) is 4.39 Å². The highest BCUT2D eigenvalue weighted by Crippen LogP contribution is 2.63. The maximum absolute atomic E-state index is 13.3. The lowest BCUT2D eigenvalue weighted by atomic mass is 10.00. The Bertz CT molecular complexity index is 642. The minimum Gasteiger partial charge on any atom is -0.481 e. The summed E-state index contributed by atoms with van der Waals surface area (Å²) in [6, 6.07) is 5.36. The van der Waals surface area contributed by atoms with Gasteiger partial charge in [0.15, 0.2) is 9.84 Å². The summed E-state index contributed by atoms with van der Waals surface area (Å²) in [5.74, 6) is -2.58. The largest absolute Gasteiger partial charge is 0.481 e. The first-order valence-electron chi connectivity index (χ1n) is 5.92. The first-order chi connectivity index (χ1) is 9.25. The van der Waals surface area contributed by atoms with Gasteiger partial charge in [0.25, 0.3) is 0 Å². The van der Waals surface area contributed by atoms with E-state index >= 15 is 0 Å². The molecule has 0 saturated heterocycles. The lowest BCUT2D eigenvalue weighted by Gasteiger charge is -2.11. The number of methoxy groups -OCH3 is 1. The minimum atomic E-state index is -3.60. The summed E-state index contributed by atoms with van der Waals surface area (Å²) in [7, 11) is -2.29. The predicted molar refractivity (Wildman–Crippen MR) is 69.7 cm³/mol. The van der Waals surface area contributed by atoms with E-state index in [4.69, 9.17) is 4.74 Å². The van der Waals surface area contributed by atoms with Crippen molar-refractivity contribution in [1.82, 2.24) is 0 Å². The Morgan fingerprint density at radius 1 is 1.50 bits per heavy atom. The fraction of sp³-hybridized carbons (Fsp3) is 0.462. The Morgan fingerprint density at radius 2 is 2.15 bits per heavy atom. The van der Waals surface area contributed by atoms with E-state index in [2.05, 4.69) is 0 Å². The zero-order chi connectivity index (χ0) is 15.1. The maximum Gasteiger partial charge on any atom is 0.314 e. The molecule has 0 bridgehead atoms. The van der Waals surface area contributed by atoms with Crippen LogP contribution in [0.25, 0.3) is 0 Å². The van der Waals surface area contributed by atoms with Crippen LogP contribution in [0.1, 0.15) is 11.5 Å². The summed E-state index contributed by atoms with van der Waals surface area (Å²) in [5.41, 5.74) is -1.18. The number of carboxylic acid groups (broad SMARTS) is 1. The quantitative estimate of drug-likeness (QED) is 0.879. The van der Waals surface area contributed by atoms with E-state index in [1.807, 2.05) is 0 Å². The molecule has 0 spiro atoms. The van der Waals surface area contributed by atoms with Crippen LogP contribution >= 0.6 is 0 Å². The van der Waals surface area contributed by atoms with Crippen LogP contribution in [0.2, 0.25) is 0 Å². The van der Waals surface area contributed by atoms with Crippen molar-refractivity contribution in [3.8, 4) is 0 Å². The van der Waals surface area contributed by atoms with Gasteiger partial charge in [0.2, 0.25) is 0 Å². The van der Waals surface area contributed by atoms with Crippen LogP contribution in [-0.4, -0.2) is 44.7 Å². The molecule has 0 aliphatic heterocycles. The molecule has 1 saturated carbocycles.